The summed E-state index contributed by atoms with van der Waals surface area (Å²) >= 11 is 0. The smallest absolute Gasteiger partial charge is 0.148 e. The van der Waals surface area contributed by atoms with Gasteiger partial charge in [-0.05, 0) is 183 Å². The van der Waals surface area contributed by atoms with Crippen molar-refractivity contribution in [3.05, 3.63) is 315 Å². The number of halogens is 2. The van der Waals surface area contributed by atoms with Crippen molar-refractivity contribution < 1.29 is 8.78 Å². The normalized spacial score (nSPS) is 11.7. The molecule has 2 nitrogen and oxygen atoms in total. The van der Waals surface area contributed by atoms with E-state index >= 15 is 8.78 Å². The van der Waals surface area contributed by atoms with Gasteiger partial charge in [0.1, 0.15) is 11.6 Å². The van der Waals surface area contributed by atoms with Gasteiger partial charge in [0.25, 0.3) is 0 Å². The quantitative estimate of drug-likeness (QED) is 0.126. The first-order valence-corrected chi connectivity index (χ1v) is 28.5. The molecule has 0 radical (unpaired) electrons. The molecule has 0 N–H and O–H groups in total. The summed E-state index contributed by atoms with van der Waals surface area (Å²) in [4.78, 5) is 4.21. The van der Waals surface area contributed by atoms with Crippen LogP contribution < -0.4 is 9.80 Å². The molecule has 0 spiro atoms. The summed E-state index contributed by atoms with van der Waals surface area (Å²) in [6.45, 7) is 0. The molecule has 0 bridgehead atoms. The van der Waals surface area contributed by atoms with E-state index in [1.807, 2.05) is 84.9 Å². The maximum atomic E-state index is 18.4. The number of hydrogen-bond donors (Lipinski definition) is 0. The Bertz CT molecular complexity index is 4920. The molecule has 4 heteroatoms. The molecule has 16 rings (SSSR count). The molecular weight excluding hydrogens is 1030 g/mol. The fourth-order valence-electron chi connectivity index (χ4n) is 13.0. The summed E-state index contributed by atoms with van der Waals surface area (Å²) in [6, 6.07) is 104. The van der Waals surface area contributed by atoms with Crippen LogP contribution in [-0.2, 0) is 0 Å². The van der Waals surface area contributed by atoms with Crippen molar-refractivity contribution in [1.29, 1.82) is 0 Å². The molecule has 16 aromatic carbocycles. The second-order valence-corrected chi connectivity index (χ2v) is 21.9. The van der Waals surface area contributed by atoms with Crippen LogP contribution in [0.2, 0.25) is 0 Å². The largest absolute Gasteiger partial charge is 0.307 e. The molecule has 0 saturated heterocycles. The van der Waals surface area contributed by atoms with Crippen LogP contribution in [0.15, 0.2) is 303 Å². The average molecular weight is 1080 g/mol. The molecule has 0 saturated carbocycles. The van der Waals surface area contributed by atoms with Crippen LogP contribution in [0.25, 0.3) is 120 Å². The molecule has 394 valence electrons. The zero-order valence-electron chi connectivity index (χ0n) is 45.5. The first-order valence-electron chi connectivity index (χ1n) is 28.5. The van der Waals surface area contributed by atoms with Crippen LogP contribution in [-0.4, -0.2) is 0 Å². The van der Waals surface area contributed by atoms with Crippen LogP contribution in [0.5, 0.6) is 0 Å². The predicted molar refractivity (Wildman–Crippen MR) is 351 cm³/mol. The third-order valence-electron chi connectivity index (χ3n) is 17.0. The van der Waals surface area contributed by atoms with E-state index < -0.39 is 0 Å². The molecule has 0 amide bonds. The van der Waals surface area contributed by atoms with E-state index in [2.05, 4.69) is 216 Å². The molecule has 0 heterocycles. The Morgan fingerprint density at radius 3 is 0.881 bits per heavy atom. The molecule has 0 aromatic heterocycles. The van der Waals surface area contributed by atoms with E-state index in [0.717, 1.165) is 143 Å². The van der Waals surface area contributed by atoms with Crippen molar-refractivity contribution in [2.75, 3.05) is 9.80 Å². The van der Waals surface area contributed by atoms with Gasteiger partial charge in [0.05, 0.1) is 22.7 Å². The van der Waals surface area contributed by atoms with E-state index in [0.29, 0.717) is 11.4 Å². The summed E-state index contributed by atoms with van der Waals surface area (Å²) in [6.07, 6.45) is 0. The third-order valence-corrected chi connectivity index (χ3v) is 17.0. The minimum atomic E-state index is -0.352. The molecule has 16 aromatic rings. The molecular formula is C80H50F2N2. The number of benzene rings is 16. The second kappa shape index (κ2) is 19.9. The Balaban J connectivity index is 0.929. The predicted octanol–water partition coefficient (Wildman–Crippen LogP) is 23.1. The van der Waals surface area contributed by atoms with Crippen molar-refractivity contribution in [2.45, 2.75) is 0 Å². The van der Waals surface area contributed by atoms with Gasteiger partial charge in [0.2, 0.25) is 0 Å². The number of para-hydroxylation sites is 2. The molecule has 0 atom stereocenters. The lowest BCUT2D eigenvalue weighted by molar-refractivity contribution is 0.629. The Morgan fingerprint density at radius 1 is 0.214 bits per heavy atom. The second-order valence-electron chi connectivity index (χ2n) is 21.9. The Hall–Kier alpha value is -10.9. The van der Waals surface area contributed by atoms with Gasteiger partial charge in [0, 0.05) is 33.3 Å². The van der Waals surface area contributed by atoms with Crippen molar-refractivity contribution in [3.8, 4) is 44.5 Å². The molecule has 84 heavy (non-hydrogen) atoms. The number of fused-ring (bicyclic) bond motifs is 4. The summed E-state index contributed by atoms with van der Waals surface area (Å²) in [7, 11) is 0. The number of hydrogen-bond acceptors (Lipinski definition) is 2. The highest BCUT2D eigenvalue weighted by Crippen LogP contribution is 2.52. The zero-order valence-corrected chi connectivity index (χ0v) is 45.5. The lowest BCUT2D eigenvalue weighted by Crippen LogP contribution is -2.14. The monoisotopic (exact) mass is 1080 g/mol. The maximum Gasteiger partial charge on any atom is 0.148 e. The molecule has 0 aliphatic carbocycles. The van der Waals surface area contributed by atoms with Gasteiger partial charge in [-0.1, -0.05) is 218 Å². The van der Waals surface area contributed by atoms with Crippen LogP contribution in [0.4, 0.5) is 42.9 Å². The third kappa shape index (κ3) is 8.29. The first-order chi connectivity index (χ1) is 41.5. The lowest BCUT2D eigenvalue weighted by Gasteiger charge is -2.31. The van der Waals surface area contributed by atoms with Crippen molar-refractivity contribution >= 4 is 110 Å². The lowest BCUT2D eigenvalue weighted by atomic mass is 9.90. The topological polar surface area (TPSA) is 6.48 Å². The van der Waals surface area contributed by atoms with Gasteiger partial charge in [-0.3, -0.25) is 0 Å². The first kappa shape index (κ1) is 48.9. The Morgan fingerprint density at radius 2 is 0.512 bits per heavy atom. The van der Waals surface area contributed by atoms with Crippen LogP contribution >= 0.6 is 0 Å². The van der Waals surface area contributed by atoms with E-state index in [9.17, 15) is 0 Å². The summed E-state index contributed by atoms with van der Waals surface area (Å²) in [5.41, 5.74) is 10.9. The molecule has 0 fully saturated rings. The fraction of sp³-hybridized carbons (Fsp3) is 0. The van der Waals surface area contributed by atoms with Gasteiger partial charge in [-0.2, -0.15) is 0 Å². The highest BCUT2D eigenvalue weighted by molar-refractivity contribution is 6.28. The van der Waals surface area contributed by atoms with Crippen molar-refractivity contribution in [1.82, 2.24) is 0 Å². The SMILES string of the molecule is Fc1cc(-c2ccc3ccccc3c2)cc(-c2ccc3ccccc3c2)c1N(c1ccccc1)c1ccc2ccc3c(N(c4ccccc4)c4c(F)cc(-c5ccc6ccccc6c5)cc4-c4ccc5ccccc5c4)ccc4ccc1c2c43. The van der Waals surface area contributed by atoms with Crippen LogP contribution in [0, 0.1) is 11.6 Å². The average Bonchev–Trinajstić information content (AvgIpc) is 1.19. The van der Waals surface area contributed by atoms with Crippen molar-refractivity contribution in [2.24, 2.45) is 0 Å². The van der Waals surface area contributed by atoms with Gasteiger partial charge >= 0.3 is 0 Å². The van der Waals surface area contributed by atoms with Gasteiger partial charge in [0.15, 0.2) is 0 Å². The number of nitrogens with zero attached hydrogens (tertiary/aromatic N) is 2. The van der Waals surface area contributed by atoms with E-state index in [4.69, 9.17) is 0 Å². The van der Waals surface area contributed by atoms with E-state index in [-0.39, 0.29) is 11.6 Å². The minimum absolute atomic E-state index is 0.352. The molecule has 0 aliphatic rings. The van der Waals surface area contributed by atoms with E-state index in [1.165, 1.54) is 0 Å². The van der Waals surface area contributed by atoms with Gasteiger partial charge < -0.3 is 9.80 Å². The Labute approximate surface area is 484 Å². The highest BCUT2D eigenvalue weighted by Gasteiger charge is 2.29. The van der Waals surface area contributed by atoms with Crippen molar-refractivity contribution in [3.63, 3.8) is 0 Å². The fourth-order valence-corrected chi connectivity index (χ4v) is 13.0. The number of anilines is 6. The summed E-state index contributed by atoms with van der Waals surface area (Å²) < 4.78 is 36.7. The van der Waals surface area contributed by atoms with Crippen LogP contribution in [0.3, 0.4) is 0 Å². The highest BCUT2D eigenvalue weighted by atomic mass is 19.1. The standard InChI is InChI=1S/C80H50F2N2/c81-73-49-65(61-31-27-51-15-7-11-19-57(51)43-61)47-71(63-33-29-53-17-9-13-21-59(53)45-63)79(73)83(67-23-3-1-4-24-67)75-41-37-55-36-40-70-76(42-38-56-35-39-69(75)77(55)78(56)70)84(68-25-5-2-6-26-68)80-72(64-34-30-54-18-10-14-22-60(54)46-64)48-66(50-74(80)82)62-32-28-52-16-8-12-20-58(52)44-62/h1-50H. The maximum absolute atomic E-state index is 18.4. The summed E-state index contributed by atoms with van der Waals surface area (Å²) in [5, 5.41) is 14.8. The Kier molecular flexibility index (Phi) is 11.6. The van der Waals surface area contributed by atoms with E-state index in [1.54, 1.807) is 12.1 Å². The number of rotatable bonds is 10. The van der Waals surface area contributed by atoms with Gasteiger partial charge in [-0.15, -0.1) is 0 Å². The summed E-state index contributed by atoms with van der Waals surface area (Å²) in [5.74, 6) is -0.704. The van der Waals surface area contributed by atoms with Gasteiger partial charge in [-0.25, -0.2) is 8.78 Å². The molecule has 0 unspecified atom stereocenters. The molecule has 0 aliphatic heterocycles. The van der Waals surface area contributed by atoms with Crippen LogP contribution in [0.1, 0.15) is 0 Å². The zero-order chi connectivity index (χ0) is 55.8. The minimum Gasteiger partial charge on any atom is -0.307 e.